The number of aromatic amines is 1. The molecule has 4 aliphatic carbocycles. The summed E-state index contributed by atoms with van der Waals surface area (Å²) >= 11 is 0. The number of carbonyl (C=O) groups is 3. The van der Waals surface area contributed by atoms with Crippen LogP contribution in [-0.2, 0) is 16.0 Å². The largest absolute Gasteiger partial charge is 0.480 e. The first-order valence-electron chi connectivity index (χ1n) is 13.5. The van der Waals surface area contributed by atoms with Gasteiger partial charge in [0.1, 0.15) is 6.04 Å². The van der Waals surface area contributed by atoms with Crippen molar-refractivity contribution in [3.63, 3.8) is 0 Å². The second-order valence-electron chi connectivity index (χ2n) is 11.4. The molecule has 3 amide bonds. The van der Waals surface area contributed by atoms with Crippen LogP contribution in [0.3, 0.4) is 0 Å². The predicted molar refractivity (Wildman–Crippen MR) is 137 cm³/mol. The van der Waals surface area contributed by atoms with Crippen LogP contribution in [0.1, 0.15) is 69.8 Å². The molecule has 8 nitrogen and oxygen atoms in total. The summed E-state index contributed by atoms with van der Waals surface area (Å²) in [7, 11) is 0. The Hall–Kier alpha value is -3.03. The van der Waals surface area contributed by atoms with Crippen LogP contribution >= 0.6 is 0 Å². The number of carboxylic acids is 1. The molecule has 4 fully saturated rings. The van der Waals surface area contributed by atoms with Crippen LogP contribution in [0.15, 0.2) is 30.5 Å². The summed E-state index contributed by atoms with van der Waals surface area (Å²) in [6, 6.07) is 6.69. The Balaban J connectivity index is 0.982. The van der Waals surface area contributed by atoms with Crippen molar-refractivity contribution < 1.29 is 19.5 Å². The monoisotopic (exact) mass is 494 g/mol. The van der Waals surface area contributed by atoms with Crippen LogP contribution in [0, 0.1) is 17.8 Å². The summed E-state index contributed by atoms with van der Waals surface area (Å²) in [5.41, 5.74) is 1.84. The fourth-order valence-corrected chi connectivity index (χ4v) is 7.33. The van der Waals surface area contributed by atoms with E-state index < -0.39 is 12.0 Å². The average Bonchev–Trinajstić information content (AvgIpc) is 3.22. The Bertz CT molecular complexity index is 1070. The standard InChI is InChI=1S/C28H38N4O4/c33-25(31-24(26(34)35)13-21-17-30-23-7-4-3-6-22(21)23)8-2-1-5-9-29-27(36)32-28-14-18-10-19(15-28)12-20(11-18)16-28/h3-4,6-7,17-20,24,30H,1-2,5,8-16H2,(H,31,33)(H,34,35)(H2,29,32,36)/t18?,19?,20?,24-,28?/m0/s1. The van der Waals surface area contributed by atoms with E-state index in [9.17, 15) is 19.5 Å². The minimum Gasteiger partial charge on any atom is -0.480 e. The Kier molecular flexibility index (Phi) is 7.21. The fourth-order valence-electron chi connectivity index (χ4n) is 7.33. The van der Waals surface area contributed by atoms with Gasteiger partial charge in [-0.3, -0.25) is 4.79 Å². The van der Waals surface area contributed by atoms with E-state index in [2.05, 4.69) is 20.9 Å². The first kappa shape index (κ1) is 24.7. The third-order valence-electron chi connectivity index (χ3n) is 8.52. The van der Waals surface area contributed by atoms with Crippen molar-refractivity contribution in [2.45, 2.75) is 82.2 Å². The van der Waals surface area contributed by atoms with Gasteiger partial charge >= 0.3 is 12.0 Å². The zero-order chi connectivity index (χ0) is 25.1. The first-order valence-corrected chi connectivity index (χ1v) is 13.5. The highest BCUT2D eigenvalue weighted by atomic mass is 16.4. The van der Waals surface area contributed by atoms with E-state index in [1.165, 1.54) is 19.3 Å². The number of rotatable bonds is 11. The molecule has 8 heteroatoms. The number of hydrogen-bond donors (Lipinski definition) is 5. The second-order valence-corrected chi connectivity index (χ2v) is 11.4. The van der Waals surface area contributed by atoms with E-state index >= 15 is 0 Å². The topological polar surface area (TPSA) is 123 Å². The summed E-state index contributed by atoms with van der Waals surface area (Å²) in [5, 5.41) is 19.6. The molecule has 1 heterocycles. The number of carboxylic acid groups (broad SMARTS) is 1. The van der Waals surface area contributed by atoms with Crippen molar-refractivity contribution in [3.05, 3.63) is 36.0 Å². The van der Waals surface area contributed by atoms with Crippen molar-refractivity contribution in [3.8, 4) is 0 Å². The smallest absolute Gasteiger partial charge is 0.326 e. The molecule has 0 spiro atoms. The zero-order valence-electron chi connectivity index (χ0n) is 20.9. The maximum absolute atomic E-state index is 12.5. The number of H-pyrrole nitrogens is 1. The molecule has 1 aromatic carbocycles. The molecule has 36 heavy (non-hydrogen) atoms. The van der Waals surface area contributed by atoms with E-state index in [4.69, 9.17) is 0 Å². The number of hydrogen-bond acceptors (Lipinski definition) is 3. The summed E-state index contributed by atoms with van der Waals surface area (Å²) in [5.74, 6) is 1.10. The molecule has 4 aliphatic rings. The van der Waals surface area contributed by atoms with Gasteiger partial charge in [-0.15, -0.1) is 0 Å². The number of aromatic nitrogens is 1. The molecule has 0 aliphatic heterocycles. The number of unbranched alkanes of at least 4 members (excludes halogenated alkanes) is 2. The Morgan fingerprint density at radius 3 is 2.39 bits per heavy atom. The number of fused-ring (bicyclic) bond motifs is 1. The highest BCUT2D eigenvalue weighted by Crippen LogP contribution is 2.55. The normalized spacial score (nSPS) is 27.1. The molecule has 5 N–H and O–H groups in total. The average molecular weight is 495 g/mol. The number of carbonyl (C=O) groups excluding carboxylic acids is 2. The highest BCUT2D eigenvalue weighted by Gasteiger charge is 2.51. The lowest BCUT2D eigenvalue weighted by Gasteiger charge is -2.56. The van der Waals surface area contributed by atoms with Gasteiger partial charge < -0.3 is 26.0 Å². The van der Waals surface area contributed by atoms with Crippen LogP contribution in [0.25, 0.3) is 10.9 Å². The van der Waals surface area contributed by atoms with Gasteiger partial charge in [-0.2, -0.15) is 0 Å². The molecule has 6 rings (SSSR count). The molecule has 4 saturated carbocycles. The quantitative estimate of drug-likeness (QED) is 0.302. The second kappa shape index (κ2) is 10.5. The number of nitrogens with one attached hydrogen (secondary N) is 4. The van der Waals surface area contributed by atoms with Gasteiger partial charge in [-0.25, -0.2) is 9.59 Å². The van der Waals surface area contributed by atoms with E-state index in [1.54, 1.807) is 6.20 Å². The van der Waals surface area contributed by atoms with Gasteiger partial charge in [0.2, 0.25) is 5.91 Å². The maximum atomic E-state index is 12.5. The lowest BCUT2D eigenvalue weighted by atomic mass is 9.53. The van der Waals surface area contributed by atoms with Crippen molar-refractivity contribution in [2.75, 3.05) is 6.54 Å². The molecule has 1 aromatic heterocycles. The third kappa shape index (κ3) is 5.68. The van der Waals surface area contributed by atoms with Gasteiger partial charge in [0.25, 0.3) is 0 Å². The van der Waals surface area contributed by atoms with Crippen LogP contribution in [0.4, 0.5) is 4.79 Å². The lowest BCUT2D eigenvalue weighted by molar-refractivity contribution is -0.141. The van der Waals surface area contributed by atoms with Crippen LogP contribution in [-0.4, -0.2) is 46.1 Å². The van der Waals surface area contributed by atoms with E-state index in [0.717, 1.165) is 66.3 Å². The van der Waals surface area contributed by atoms with Crippen molar-refractivity contribution in [1.29, 1.82) is 0 Å². The van der Waals surface area contributed by atoms with E-state index in [1.807, 2.05) is 24.3 Å². The van der Waals surface area contributed by atoms with Crippen LogP contribution in [0.5, 0.6) is 0 Å². The molecule has 194 valence electrons. The first-order chi connectivity index (χ1) is 17.4. The van der Waals surface area contributed by atoms with Gasteiger partial charge in [0.05, 0.1) is 0 Å². The molecule has 2 aromatic rings. The van der Waals surface area contributed by atoms with E-state index in [0.29, 0.717) is 13.0 Å². The molecule has 0 saturated heterocycles. The van der Waals surface area contributed by atoms with Gasteiger partial charge in [0.15, 0.2) is 0 Å². The van der Waals surface area contributed by atoms with E-state index in [-0.39, 0.29) is 30.3 Å². The number of amides is 3. The number of para-hydroxylation sites is 1. The summed E-state index contributed by atoms with van der Waals surface area (Å²) in [6.45, 7) is 0.581. The Morgan fingerprint density at radius 1 is 1.00 bits per heavy atom. The summed E-state index contributed by atoms with van der Waals surface area (Å²) in [6.07, 6.45) is 12.0. The van der Waals surface area contributed by atoms with Crippen LogP contribution in [0.2, 0.25) is 0 Å². The van der Waals surface area contributed by atoms with Gasteiger partial charge in [-0.1, -0.05) is 24.6 Å². The Morgan fingerprint density at radius 2 is 1.69 bits per heavy atom. The molecular formula is C28H38N4O4. The minimum absolute atomic E-state index is 0.0181. The van der Waals surface area contributed by atoms with Gasteiger partial charge in [0, 0.05) is 42.0 Å². The zero-order valence-corrected chi connectivity index (χ0v) is 20.9. The number of urea groups is 1. The molecule has 0 unspecified atom stereocenters. The maximum Gasteiger partial charge on any atom is 0.326 e. The van der Waals surface area contributed by atoms with Gasteiger partial charge in [-0.05, 0) is 80.8 Å². The predicted octanol–water partition coefficient (Wildman–Crippen LogP) is 4.11. The Labute approximate surface area is 212 Å². The highest BCUT2D eigenvalue weighted by molar-refractivity contribution is 5.86. The van der Waals surface area contributed by atoms with Crippen molar-refractivity contribution in [1.82, 2.24) is 20.9 Å². The molecule has 4 bridgehead atoms. The molecular weight excluding hydrogens is 456 g/mol. The lowest BCUT2D eigenvalue weighted by Crippen LogP contribution is -2.61. The van der Waals surface area contributed by atoms with Crippen LogP contribution < -0.4 is 16.0 Å². The van der Waals surface area contributed by atoms with Crippen molar-refractivity contribution >= 4 is 28.8 Å². The fraction of sp³-hybridized carbons (Fsp3) is 0.607. The number of aliphatic carboxylic acids is 1. The third-order valence-corrected chi connectivity index (χ3v) is 8.52. The SMILES string of the molecule is O=C(CCCCCNC(=O)NC12CC3CC(CC(C3)C1)C2)N[C@@H](Cc1c[nH]c2ccccc12)C(=O)O. The molecule has 1 atom stereocenters. The summed E-state index contributed by atoms with van der Waals surface area (Å²) in [4.78, 5) is 39.8. The molecule has 0 radical (unpaired) electrons. The summed E-state index contributed by atoms with van der Waals surface area (Å²) < 4.78 is 0. The number of benzene rings is 1. The van der Waals surface area contributed by atoms with Crippen molar-refractivity contribution in [2.24, 2.45) is 17.8 Å². The minimum atomic E-state index is -1.04.